The lowest BCUT2D eigenvalue weighted by Crippen LogP contribution is -2.11. The smallest absolute Gasteiger partial charge is 0.248 e. The number of benzene rings is 1. The lowest BCUT2D eigenvalue weighted by Gasteiger charge is -2.07. The molecule has 0 aliphatic heterocycles. The average molecular weight is 248 g/mol. The maximum atomic E-state index is 11.0. The van der Waals surface area contributed by atoms with E-state index in [1.807, 2.05) is 12.1 Å². The molecule has 1 amide bonds. The van der Waals surface area contributed by atoms with Crippen molar-refractivity contribution in [3.63, 3.8) is 0 Å². The molecular weight excluding hydrogens is 224 g/mol. The minimum absolute atomic E-state index is 0.377. The fourth-order valence-electron chi connectivity index (χ4n) is 1.92. The van der Waals surface area contributed by atoms with E-state index in [-0.39, 0.29) is 5.91 Å². The van der Waals surface area contributed by atoms with Gasteiger partial charge in [0.1, 0.15) is 0 Å². The van der Waals surface area contributed by atoms with Crippen molar-refractivity contribution in [3.8, 4) is 0 Å². The Bertz CT molecular complexity index is 363. The summed E-state index contributed by atoms with van der Waals surface area (Å²) in [5.74, 6) is -0.377. The van der Waals surface area contributed by atoms with Crippen LogP contribution in [0.3, 0.4) is 0 Å². The van der Waals surface area contributed by atoms with Gasteiger partial charge in [-0.25, -0.2) is 0 Å². The number of carbonyl (C=O) groups excluding carboxylic acids is 1. The summed E-state index contributed by atoms with van der Waals surface area (Å²) >= 11 is 0. The van der Waals surface area contributed by atoms with Crippen LogP contribution in [-0.4, -0.2) is 12.5 Å². The fourth-order valence-corrected chi connectivity index (χ4v) is 1.92. The van der Waals surface area contributed by atoms with E-state index in [4.69, 9.17) is 5.73 Å². The number of hydrogen-bond acceptors (Lipinski definition) is 2. The van der Waals surface area contributed by atoms with Crippen LogP contribution in [0.2, 0.25) is 0 Å². The van der Waals surface area contributed by atoms with Crippen LogP contribution in [0, 0.1) is 0 Å². The van der Waals surface area contributed by atoms with Crippen LogP contribution in [0.25, 0.3) is 0 Å². The molecule has 0 fully saturated rings. The normalized spacial score (nSPS) is 10.3. The number of nitrogens with one attached hydrogen (secondary N) is 1. The summed E-state index contributed by atoms with van der Waals surface area (Å²) in [5.41, 5.74) is 6.77. The number of amides is 1. The first kappa shape index (κ1) is 14.6. The van der Waals surface area contributed by atoms with Crippen molar-refractivity contribution in [2.24, 2.45) is 5.73 Å². The van der Waals surface area contributed by atoms with Gasteiger partial charge in [0, 0.05) is 17.8 Å². The number of rotatable bonds is 9. The molecular formula is C15H24N2O. The average Bonchev–Trinajstić information content (AvgIpc) is 2.38. The Labute approximate surface area is 110 Å². The molecule has 0 aromatic heterocycles. The molecule has 1 aromatic rings. The maximum absolute atomic E-state index is 11.0. The summed E-state index contributed by atoms with van der Waals surface area (Å²) in [6.45, 7) is 3.18. The number of hydrogen-bond donors (Lipinski definition) is 2. The second-order valence-electron chi connectivity index (χ2n) is 4.64. The topological polar surface area (TPSA) is 55.1 Å². The number of nitrogens with two attached hydrogens (primary N) is 1. The summed E-state index contributed by atoms with van der Waals surface area (Å²) < 4.78 is 0. The Morgan fingerprint density at radius 1 is 1.17 bits per heavy atom. The predicted octanol–water partition coefficient (Wildman–Crippen LogP) is 3.56. The molecule has 1 rings (SSSR count). The van der Waals surface area contributed by atoms with Crippen LogP contribution in [0.15, 0.2) is 24.3 Å². The van der Waals surface area contributed by atoms with Gasteiger partial charge in [-0.3, -0.25) is 4.79 Å². The van der Waals surface area contributed by atoms with E-state index in [1.165, 1.54) is 38.5 Å². The van der Waals surface area contributed by atoms with Crippen molar-refractivity contribution >= 4 is 11.6 Å². The van der Waals surface area contributed by atoms with Gasteiger partial charge >= 0.3 is 0 Å². The molecule has 0 spiro atoms. The van der Waals surface area contributed by atoms with Crippen molar-refractivity contribution in [2.75, 3.05) is 11.9 Å². The van der Waals surface area contributed by atoms with Gasteiger partial charge in [-0.2, -0.15) is 0 Å². The Balaban J connectivity index is 2.19. The van der Waals surface area contributed by atoms with Gasteiger partial charge in [0.25, 0.3) is 0 Å². The van der Waals surface area contributed by atoms with E-state index in [0.717, 1.165) is 12.2 Å². The molecule has 1 aromatic carbocycles. The van der Waals surface area contributed by atoms with E-state index in [2.05, 4.69) is 12.2 Å². The Morgan fingerprint density at radius 3 is 2.61 bits per heavy atom. The largest absolute Gasteiger partial charge is 0.385 e. The zero-order chi connectivity index (χ0) is 13.2. The van der Waals surface area contributed by atoms with Gasteiger partial charge in [0.05, 0.1) is 0 Å². The van der Waals surface area contributed by atoms with Gasteiger partial charge in [0.15, 0.2) is 0 Å². The molecule has 0 saturated heterocycles. The Morgan fingerprint density at radius 2 is 1.89 bits per heavy atom. The summed E-state index contributed by atoms with van der Waals surface area (Å²) in [5, 5.41) is 3.32. The van der Waals surface area contributed by atoms with Crippen LogP contribution in [0.1, 0.15) is 55.8 Å². The van der Waals surface area contributed by atoms with Gasteiger partial charge in [-0.1, -0.05) is 45.1 Å². The molecule has 100 valence electrons. The molecule has 0 aliphatic carbocycles. The number of primary amides is 1. The van der Waals surface area contributed by atoms with Crippen LogP contribution < -0.4 is 11.1 Å². The van der Waals surface area contributed by atoms with Gasteiger partial charge in [-0.15, -0.1) is 0 Å². The predicted molar refractivity (Wildman–Crippen MR) is 76.8 cm³/mol. The molecule has 0 atom stereocenters. The lowest BCUT2D eigenvalue weighted by atomic mass is 10.1. The SMILES string of the molecule is CCCCCCCCNc1cccc(C(N)=O)c1. The molecule has 0 bridgehead atoms. The second-order valence-corrected chi connectivity index (χ2v) is 4.64. The zero-order valence-electron chi connectivity index (χ0n) is 11.2. The zero-order valence-corrected chi connectivity index (χ0v) is 11.2. The third-order valence-electron chi connectivity index (χ3n) is 3.01. The first-order chi connectivity index (χ1) is 8.74. The van der Waals surface area contributed by atoms with Crippen molar-refractivity contribution in [2.45, 2.75) is 45.4 Å². The maximum Gasteiger partial charge on any atom is 0.248 e. The summed E-state index contributed by atoms with van der Waals surface area (Å²) in [7, 11) is 0. The second kappa shape index (κ2) is 8.56. The highest BCUT2D eigenvalue weighted by Gasteiger charge is 2.00. The van der Waals surface area contributed by atoms with Crippen LogP contribution in [0.5, 0.6) is 0 Å². The molecule has 0 unspecified atom stereocenters. The molecule has 3 N–H and O–H groups in total. The van der Waals surface area contributed by atoms with E-state index in [1.54, 1.807) is 12.1 Å². The van der Waals surface area contributed by atoms with Crippen molar-refractivity contribution in [1.29, 1.82) is 0 Å². The molecule has 0 heterocycles. The highest BCUT2D eigenvalue weighted by molar-refractivity contribution is 5.93. The Hall–Kier alpha value is -1.51. The molecule has 0 aliphatic rings. The standard InChI is InChI=1S/C15H24N2O/c1-2-3-4-5-6-7-11-17-14-10-8-9-13(12-14)15(16)18/h8-10,12,17H,2-7,11H2,1H3,(H2,16,18). The van der Waals surface area contributed by atoms with E-state index < -0.39 is 0 Å². The summed E-state index contributed by atoms with van der Waals surface area (Å²) in [6.07, 6.45) is 7.73. The van der Waals surface area contributed by atoms with E-state index in [0.29, 0.717) is 5.56 Å². The van der Waals surface area contributed by atoms with Crippen LogP contribution in [0.4, 0.5) is 5.69 Å². The summed E-state index contributed by atoms with van der Waals surface area (Å²) in [6, 6.07) is 7.35. The van der Waals surface area contributed by atoms with Gasteiger partial charge < -0.3 is 11.1 Å². The molecule has 0 radical (unpaired) electrons. The van der Waals surface area contributed by atoms with Crippen molar-refractivity contribution in [3.05, 3.63) is 29.8 Å². The Kier molecular flexibility index (Phi) is 6.92. The number of carbonyl (C=O) groups is 1. The first-order valence-corrected chi connectivity index (χ1v) is 6.87. The third kappa shape index (κ3) is 5.71. The number of unbranched alkanes of at least 4 members (excludes halogenated alkanes) is 5. The van der Waals surface area contributed by atoms with Crippen LogP contribution >= 0.6 is 0 Å². The molecule has 3 nitrogen and oxygen atoms in total. The monoisotopic (exact) mass is 248 g/mol. The van der Waals surface area contributed by atoms with E-state index in [9.17, 15) is 4.79 Å². The minimum atomic E-state index is -0.377. The van der Waals surface area contributed by atoms with Crippen molar-refractivity contribution < 1.29 is 4.79 Å². The number of anilines is 1. The minimum Gasteiger partial charge on any atom is -0.385 e. The van der Waals surface area contributed by atoms with Crippen LogP contribution in [-0.2, 0) is 0 Å². The fraction of sp³-hybridized carbons (Fsp3) is 0.533. The lowest BCUT2D eigenvalue weighted by molar-refractivity contribution is 0.100. The highest BCUT2D eigenvalue weighted by Crippen LogP contribution is 2.11. The molecule has 0 saturated carbocycles. The van der Waals surface area contributed by atoms with Gasteiger partial charge in [0.2, 0.25) is 5.91 Å². The quantitative estimate of drug-likeness (QED) is 0.656. The molecule has 18 heavy (non-hydrogen) atoms. The van der Waals surface area contributed by atoms with Crippen molar-refractivity contribution in [1.82, 2.24) is 0 Å². The first-order valence-electron chi connectivity index (χ1n) is 6.87. The van der Waals surface area contributed by atoms with E-state index >= 15 is 0 Å². The highest BCUT2D eigenvalue weighted by atomic mass is 16.1. The third-order valence-corrected chi connectivity index (χ3v) is 3.01. The summed E-state index contributed by atoms with van der Waals surface area (Å²) in [4.78, 5) is 11.0. The molecule has 3 heteroatoms. The van der Waals surface area contributed by atoms with Gasteiger partial charge in [-0.05, 0) is 24.6 Å².